The van der Waals surface area contributed by atoms with Gasteiger partial charge in [-0.05, 0) is 30.7 Å². The highest BCUT2D eigenvalue weighted by molar-refractivity contribution is 6.33. The number of carbonyl (C=O) groups excluding carboxylic acids is 1. The van der Waals surface area contributed by atoms with Crippen LogP contribution in [0.25, 0.3) is 16.9 Å². The van der Waals surface area contributed by atoms with Crippen molar-refractivity contribution in [2.75, 3.05) is 5.32 Å². The van der Waals surface area contributed by atoms with E-state index in [4.69, 9.17) is 11.6 Å². The maximum absolute atomic E-state index is 13.4. The topological polar surface area (TPSA) is 77.1 Å². The van der Waals surface area contributed by atoms with E-state index in [2.05, 4.69) is 20.5 Å². The number of aromatic nitrogens is 5. The molecule has 0 saturated carbocycles. The lowest BCUT2D eigenvalue weighted by Gasteiger charge is -2.06. The molecule has 1 N–H and O–H groups in total. The fourth-order valence-electron chi connectivity index (χ4n) is 3.55. The van der Waals surface area contributed by atoms with Crippen LogP contribution in [0.1, 0.15) is 21.5 Å². The number of nitrogens with zero attached hydrogens (tertiary/aromatic N) is 5. The van der Waals surface area contributed by atoms with Crippen LogP contribution in [0.15, 0.2) is 73.2 Å². The quantitative estimate of drug-likeness (QED) is 0.400. The third kappa shape index (κ3) is 4.20. The summed E-state index contributed by atoms with van der Waals surface area (Å²) in [5.74, 6) is -0.562. The monoisotopic (exact) mass is 460 g/mol. The van der Waals surface area contributed by atoms with Gasteiger partial charge in [0.15, 0.2) is 11.5 Å². The highest BCUT2D eigenvalue weighted by Crippen LogP contribution is 2.24. The smallest absolute Gasteiger partial charge is 0.262 e. The summed E-state index contributed by atoms with van der Waals surface area (Å²) in [5, 5.41) is 11.7. The Hall–Kier alpha value is -4.04. The Morgan fingerprint density at radius 2 is 1.97 bits per heavy atom. The molecule has 0 fully saturated rings. The van der Waals surface area contributed by atoms with Crippen LogP contribution in [0.3, 0.4) is 0 Å². The zero-order chi connectivity index (χ0) is 22.9. The summed E-state index contributed by atoms with van der Waals surface area (Å²) in [6.45, 7) is 2.33. The minimum atomic E-state index is -0.434. The zero-order valence-corrected chi connectivity index (χ0v) is 18.3. The van der Waals surface area contributed by atoms with Crippen molar-refractivity contribution in [3.8, 4) is 11.3 Å². The fourth-order valence-corrected chi connectivity index (χ4v) is 3.75. The second kappa shape index (κ2) is 8.48. The second-order valence-electron chi connectivity index (χ2n) is 7.60. The van der Waals surface area contributed by atoms with Crippen molar-refractivity contribution in [3.63, 3.8) is 0 Å². The number of benzene rings is 2. The third-order valence-corrected chi connectivity index (χ3v) is 5.45. The molecule has 0 saturated heterocycles. The first-order valence-corrected chi connectivity index (χ1v) is 10.5. The maximum Gasteiger partial charge on any atom is 0.262 e. The Kier molecular flexibility index (Phi) is 5.35. The molecule has 0 bridgehead atoms. The normalized spacial score (nSPS) is 11.1. The van der Waals surface area contributed by atoms with Crippen LogP contribution in [-0.2, 0) is 6.54 Å². The molecule has 0 unspecified atom stereocenters. The van der Waals surface area contributed by atoms with E-state index in [-0.39, 0.29) is 16.7 Å². The Balaban J connectivity index is 1.40. The Bertz CT molecular complexity index is 1470. The van der Waals surface area contributed by atoms with Gasteiger partial charge in [0.25, 0.3) is 5.91 Å². The molecule has 0 aliphatic heterocycles. The molecule has 0 spiro atoms. The van der Waals surface area contributed by atoms with E-state index in [9.17, 15) is 9.18 Å². The number of amides is 1. The molecule has 3 heterocycles. The highest BCUT2D eigenvalue weighted by Gasteiger charge is 2.19. The lowest BCUT2D eigenvalue weighted by atomic mass is 10.1. The number of fused-ring (bicyclic) bond motifs is 1. The van der Waals surface area contributed by atoms with Crippen LogP contribution in [0.2, 0.25) is 5.02 Å². The van der Waals surface area contributed by atoms with Crippen LogP contribution < -0.4 is 5.32 Å². The largest absolute Gasteiger partial charge is 0.304 e. The summed E-state index contributed by atoms with van der Waals surface area (Å²) >= 11 is 6.28. The molecule has 5 rings (SSSR count). The summed E-state index contributed by atoms with van der Waals surface area (Å²) in [7, 11) is 0. The standard InChI is InChI=1S/C24H18ClFN6O/c1-15-5-7-17(8-6-15)21-9-10-27-23-19(12-28-32(21)23)24(33)29-22-20(25)14-31(30-22)13-16-3-2-4-18(26)11-16/h2-12,14H,13H2,1H3,(H,29,30,33). The molecular weight excluding hydrogens is 443 g/mol. The molecule has 0 radical (unpaired) electrons. The average Bonchev–Trinajstić information content (AvgIpc) is 3.37. The van der Waals surface area contributed by atoms with Gasteiger partial charge in [-0.3, -0.25) is 9.48 Å². The molecule has 5 aromatic rings. The van der Waals surface area contributed by atoms with Crippen LogP contribution in [0.5, 0.6) is 0 Å². The molecule has 0 atom stereocenters. The van der Waals surface area contributed by atoms with Gasteiger partial charge in [-0.25, -0.2) is 13.9 Å². The van der Waals surface area contributed by atoms with Crippen molar-refractivity contribution in [2.45, 2.75) is 13.5 Å². The fraction of sp³-hybridized carbons (Fsp3) is 0.0833. The minimum Gasteiger partial charge on any atom is -0.304 e. The molecule has 3 aromatic heterocycles. The summed E-state index contributed by atoms with van der Waals surface area (Å²) in [6, 6.07) is 16.1. The van der Waals surface area contributed by atoms with Crippen molar-refractivity contribution in [1.29, 1.82) is 0 Å². The maximum atomic E-state index is 13.4. The number of hydrogen-bond donors (Lipinski definition) is 1. The summed E-state index contributed by atoms with van der Waals surface area (Å²) in [6.07, 6.45) is 4.68. The molecule has 0 aliphatic carbocycles. The third-order valence-electron chi connectivity index (χ3n) is 5.18. The lowest BCUT2D eigenvalue weighted by Crippen LogP contribution is -2.13. The molecule has 9 heteroatoms. The summed E-state index contributed by atoms with van der Waals surface area (Å²) < 4.78 is 16.6. The minimum absolute atomic E-state index is 0.201. The predicted octanol–water partition coefficient (Wildman–Crippen LogP) is 4.99. The van der Waals surface area contributed by atoms with Crippen LogP contribution in [0, 0.1) is 12.7 Å². The van der Waals surface area contributed by atoms with Gasteiger partial charge in [-0.2, -0.15) is 10.2 Å². The van der Waals surface area contributed by atoms with Crippen molar-refractivity contribution in [1.82, 2.24) is 24.4 Å². The first kappa shape index (κ1) is 20.8. The first-order chi connectivity index (χ1) is 16.0. The van der Waals surface area contributed by atoms with Gasteiger partial charge in [-0.15, -0.1) is 0 Å². The number of hydrogen-bond acceptors (Lipinski definition) is 4. The van der Waals surface area contributed by atoms with E-state index in [1.165, 1.54) is 23.0 Å². The van der Waals surface area contributed by atoms with Crippen molar-refractivity contribution in [2.24, 2.45) is 0 Å². The van der Waals surface area contributed by atoms with Crippen molar-refractivity contribution >= 4 is 29.0 Å². The molecule has 0 aliphatic rings. The van der Waals surface area contributed by atoms with E-state index in [1.54, 1.807) is 29.0 Å². The number of anilines is 1. The number of halogens is 2. The molecular formula is C24H18ClFN6O. The molecule has 2 aromatic carbocycles. The van der Waals surface area contributed by atoms with E-state index in [1.807, 2.05) is 37.3 Å². The van der Waals surface area contributed by atoms with E-state index in [0.717, 1.165) is 22.4 Å². The Morgan fingerprint density at radius 1 is 1.15 bits per heavy atom. The Morgan fingerprint density at radius 3 is 2.76 bits per heavy atom. The first-order valence-electron chi connectivity index (χ1n) is 10.2. The molecule has 33 heavy (non-hydrogen) atoms. The average molecular weight is 461 g/mol. The van der Waals surface area contributed by atoms with Crippen LogP contribution in [0.4, 0.5) is 10.2 Å². The number of rotatable bonds is 5. The van der Waals surface area contributed by atoms with E-state index in [0.29, 0.717) is 17.8 Å². The predicted molar refractivity (Wildman–Crippen MR) is 124 cm³/mol. The summed E-state index contributed by atoms with van der Waals surface area (Å²) in [4.78, 5) is 17.3. The number of carbonyl (C=O) groups is 1. The van der Waals surface area contributed by atoms with Crippen molar-refractivity contribution in [3.05, 3.63) is 101 Å². The van der Waals surface area contributed by atoms with Gasteiger partial charge in [0.05, 0.1) is 18.4 Å². The van der Waals surface area contributed by atoms with Crippen LogP contribution >= 0.6 is 11.6 Å². The Labute approximate surface area is 193 Å². The van der Waals surface area contributed by atoms with Gasteiger partial charge in [0, 0.05) is 18.0 Å². The lowest BCUT2D eigenvalue weighted by molar-refractivity contribution is 0.102. The van der Waals surface area contributed by atoms with Gasteiger partial charge >= 0.3 is 0 Å². The van der Waals surface area contributed by atoms with Gasteiger partial charge < -0.3 is 5.32 Å². The van der Waals surface area contributed by atoms with Gasteiger partial charge in [-0.1, -0.05) is 53.6 Å². The number of nitrogens with one attached hydrogen (secondary N) is 1. The number of aryl methyl sites for hydroxylation is 1. The highest BCUT2D eigenvalue weighted by atomic mass is 35.5. The van der Waals surface area contributed by atoms with Crippen molar-refractivity contribution < 1.29 is 9.18 Å². The molecule has 1 amide bonds. The second-order valence-corrected chi connectivity index (χ2v) is 8.00. The van der Waals surface area contributed by atoms with E-state index >= 15 is 0 Å². The SMILES string of the molecule is Cc1ccc(-c2ccnc3c(C(=O)Nc4nn(Cc5cccc(F)c5)cc4Cl)cnn23)cc1. The van der Waals surface area contributed by atoms with Gasteiger partial charge in [0.1, 0.15) is 16.4 Å². The van der Waals surface area contributed by atoms with E-state index < -0.39 is 5.91 Å². The molecule has 7 nitrogen and oxygen atoms in total. The van der Waals surface area contributed by atoms with Crippen LogP contribution in [-0.4, -0.2) is 30.3 Å². The summed E-state index contributed by atoms with van der Waals surface area (Å²) in [5.41, 5.74) is 4.36. The van der Waals surface area contributed by atoms with Gasteiger partial charge in [0.2, 0.25) is 0 Å². The molecule has 164 valence electrons. The zero-order valence-electron chi connectivity index (χ0n) is 17.5.